The Bertz CT molecular complexity index is 1180. The van der Waals surface area contributed by atoms with E-state index in [1.807, 2.05) is 34.9 Å². The monoisotopic (exact) mass is 447 g/mol. The van der Waals surface area contributed by atoms with E-state index in [2.05, 4.69) is 22.8 Å². The average molecular weight is 448 g/mol. The van der Waals surface area contributed by atoms with Crippen molar-refractivity contribution in [1.29, 1.82) is 0 Å². The minimum atomic E-state index is -0.353. The van der Waals surface area contributed by atoms with Crippen LogP contribution >= 0.6 is 0 Å². The first-order valence-electron chi connectivity index (χ1n) is 11.1. The van der Waals surface area contributed by atoms with Crippen LogP contribution in [0.4, 0.5) is 5.82 Å². The summed E-state index contributed by atoms with van der Waals surface area (Å²) in [6, 6.07) is 11.4. The van der Waals surface area contributed by atoms with E-state index in [9.17, 15) is 9.59 Å². The van der Waals surface area contributed by atoms with Crippen LogP contribution in [-0.4, -0.2) is 34.9 Å². The van der Waals surface area contributed by atoms with Crippen LogP contribution in [-0.2, 0) is 22.6 Å². The molecule has 1 aromatic carbocycles. The molecule has 1 aliphatic rings. The lowest BCUT2D eigenvalue weighted by Gasteiger charge is -2.17. The Hall–Kier alpha value is -3.65. The quantitative estimate of drug-likeness (QED) is 0.361. The number of benzene rings is 1. The summed E-state index contributed by atoms with van der Waals surface area (Å²) in [7, 11) is 1.36. The number of methoxy groups -OCH3 is 1. The van der Waals surface area contributed by atoms with Gasteiger partial charge in [-0.05, 0) is 42.5 Å². The first-order valence-corrected chi connectivity index (χ1v) is 11.1. The lowest BCUT2D eigenvalue weighted by Crippen LogP contribution is -2.23. The lowest BCUT2D eigenvalue weighted by atomic mass is 9.91. The molecule has 1 amide bonds. The van der Waals surface area contributed by atoms with Crippen LogP contribution in [0.3, 0.4) is 0 Å². The number of anilines is 1. The van der Waals surface area contributed by atoms with Crippen LogP contribution in [0.2, 0.25) is 0 Å². The summed E-state index contributed by atoms with van der Waals surface area (Å²) in [5.41, 5.74) is 9.81. The number of hydrogen-bond acceptors (Lipinski definition) is 6. The number of allylic oxidation sites excluding steroid dienone is 2. The minimum absolute atomic E-state index is 0.0456. The van der Waals surface area contributed by atoms with Gasteiger partial charge in [0.05, 0.1) is 12.8 Å². The Morgan fingerprint density at radius 1 is 1.21 bits per heavy atom. The maximum Gasteiger partial charge on any atom is 0.325 e. The maximum atomic E-state index is 12.8. The Balaban J connectivity index is 1.57. The standard InChI is InChI=1S/C25H29N5O3/c1-33-22(31)16-27-24-23(19-8-3-2-4-9-19)29-21-13-20(10-11-30(21)24)25(32)28-15-18-7-5-6-17(12-18)14-26/h2-3,5-7,10-13,19,27H,4,8-9,14-16,26H2,1H3,(H,28,32). The van der Waals surface area contributed by atoms with E-state index in [-0.39, 0.29) is 24.3 Å². The van der Waals surface area contributed by atoms with Gasteiger partial charge in [-0.15, -0.1) is 0 Å². The third-order valence-corrected chi connectivity index (χ3v) is 5.88. The molecule has 33 heavy (non-hydrogen) atoms. The highest BCUT2D eigenvalue weighted by molar-refractivity contribution is 5.95. The predicted octanol–water partition coefficient (Wildman–Crippen LogP) is 3.13. The Morgan fingerprint density at radius 2 is 2.06 bits per heavy atom. The van der Waals surface area contributed by atoms with Gasteiger partial charge in [0.1, 0.15) is 18.0 Å². The number of nitrogens with two attached hydrogens (primary N) is 1. The molecule has 8 heteroatoms. The van der Waals surface area contributed by atoms with E-state index >= 15 is 0 Å². The molecule has 0 aliphatic heterocycles. The number of esters is 1. The molecule has 4 rings (SSSR count). The van der Waals surface area contributed by atoms with Crippen LogP contribution in [0.1, 0.15) is 52.4 Å². The summed E-state index contributed by atoms with van der Waals surface area (Å²) >= 11 is 0. The molecule has 2 aromatic heterocycles. The van der Waals surface area contributed by atoms with Gasteiger partial charge in [-0.1, -0.05) is 36.4 Å². The molecule has 0 fully saturated rings. The molecular formula is C25H29N5O3. The molecular weight excluding hydrogens is 418 g/mol. The molecule has 8 nitrogen and oxygen atoms in total. The molecule has 0 saturated heterocycles. The number of carbonyl (C=O) groups is 2. The van der Waals surface area contributed by atoms with E-state index in [0.717, 1.165) is 41.9 Å². The van der Waals surface area contributed by atoms with E-state index in [0.29, 0.717) is 24.3 Å². The molecule has 1 unspecified atom stereocenters. The third kappa shape index (κ3) is 5.23. The summed E-state index contributed by atoms with van der Waals surface area (Å²) in [4.78, 5) is 29.4. The van der Waals surface area contributed by atoms with Gasteiger partial charge in [0.15, 0.2) is 0 Å². The van der Waals surface area contributed by atoms with Crippen molar-refractivity contribution in [3.05, 3.63) is 77.1 Å². The average Bonchev–Trinajstić information content (AvgIpc) is 3.24. The second-order valence-corrected chi connectivity index (χ2v) is 8.11. The highest BCUT2D eigenvalue weighted by Crippen LogP contribution is 2.34. The van der Waals surface area contributed by atoms with E-state index < -0.39 is 0 Å². The summed E-state index contributed by atoms with van der Waals surface area (Å²) in [6.45, 7) is 0.922. The van der Waals surface area contributed by atoms with Crippen molar-refractivity contribution in [3.63, 3.8) is 0 Å². The van der Waals surface area contributed by atoms with Crippen molar-refractivity contribution in [2.75, 3.05) is 19.0 Å². The fraction of sp³-hybridized carbons (Fsp3) is 0.320. The summed E-state index contributed by atoms with van der Waals surface area (Å²) in [5.74, 6) is 0.488. The number of fused-ring (bicyclic) bond motifs is 1. The van der Waals surface area contributed by atoms with Crippen molar-refractivity contribution in [1.82, 2.24) is 14.7 Å². The van der Waals surface area contributed by atoms with Crippen LogP contribution in [0.25, 0.3) is 5.65 Å². The molecule has 1 atom stereocenters. The van der Waals surface area contributed by atoms with Gasteiger partial charge in [-0.2, -0.15) is 0 Å². The zero-order valence-electron chi connectivity index (χ0n) is 18.7. The zero-order valence-corrected chi connectivity index (χ0v) is 18.7. The number of imidazole rings is 1. The highest BCUT2D eigenvalue weighted by atomic mass is 16.5. The summed E-state index contributed by atoms with van der Waals surface area (Å²) < 4.78 is 6.66. The number of pyridine rings is 1. The van der Waals surface area contributed by atoms with Crippen LogP contribution in [0.5, 0.6) is 0 Å². The van der Waals surface area contributed by atoms with Crippen molar-refractivity contribution in [2.45, 2.75) is 38.3 Å². The van der Waals surface area contributed by atoms with Gasteiger partial charge in [-0.3, -0.25) is 14.0 Å². The first-order chi connectivity index (χ1) is 16.1. The number of amides is 1. The minimum Gasteiger partial charge on any atom is -0.468 e. The van der Waals surface area contributed by atoms with Crippen molar-refractivity contribution in [2.24, 2.45) is 5.73 Å². The topological polar surface area (TPSA) is 111 Å². The summed E-state index contributed by atoms with van der Waals surface area (Å²) in [6.07, 6.45) is 9.04. The normalized spacial score (nSPS) is 15.4. The molecule has 2 heterocycles. The van der Waals surface area contributed by atoms with Crippen molar-refractivity contribution < 1.29 is 14.3 Å². The summed E-state index contributed by atoms with van der Waals surface area (Å²) in [5, 5.41) is 6.14. The molecule has 0 radical (unpaired) electrons. The van der Waals surface area contributed by atoms with Gasteiger partial charge in [0.25, 0.3) is 5.91 Å². The second kappa shape index (κ2) is 10.3. The Morgan fingerprint density at radius 3 is 2.82 bits per heavy atom. The van der Waals surface area contributed by atoms with Crippen LogP contribution in [0.15, 0.2) is 54.7 Å². The van der Waals surface area contributed by atoms with Gasteiger partial charge >= 0.3 is 5.97 Å². The largest absolute Gasteiger partial charge is 0.468 e. The molecule has 0 spiro atoms. The fourth-order valence-corrected chi connectivity index (χ4v) is 4.09. The van der Waals surface area contributed by atoms with Crippen LogP contribution < -0.4 is 16.4 Å². The number of ether oxygens (including phenoxy) is 1. The Labute approximate surface area is 192 Å². The van der Waals surface area contributed by atoms with Crippen molar-refractivity contribution in [3.8, 4) is 0 Å². The van der Waals surface area contributed by atoms with Crippen molar-refractivity contribution >= 4 is 23.3 Å². The van der Waals surface area contributed by atoms with E-state index in [1.165, 1.54) is 7.11 Å². The number of rotatable bonds is 8. The molecule has 0 saturated carbocycles. The smallest absolute Gasteiger partial charge is 0.325 e. The zero-order chi connectivity index (χ0) is 23.2. The second-order valence-electron chi connectivity index (χ2n) is 8.11. The molecule has 172 valence electrons. The molecule has 1 aliphatic carbocycles. The highest BCUT2D eigenvalue weighted by Gasteiger charge is 2.23. The lowest BCUT2D eigenvalue weighted by molar-refractivity contribution is -0.138. The molecule has 0 bridgehead atoms. The Kier molecular flexibility index (Phi) is 7.04. The van der Waals surface area contributed by atoms with Gasteiger partial charge < -0.3 is 21.1 Å². The number of nitrogens with zero attached hydrogens (tertiary/aromatic N) is 2. The maximum absolute atomic E-state index is 12.8. The van der Waals surface area contributed by atoms with Gasteiger partial charge in [-0.25, -0.2) is 4.98 Å². The molecule has 3 aromatic rings. The number of nitrogens with one attached hydrogen (secondary N) is 2. The fourth-order valence-electron chi connectivity index (χ4n) is 4.09. The van der Waals surface area contributed by atoms with Crippen LogP contribution in [0, 0.1) is 0 Å². The third-order valence-electron chi connectivity index (χ3n) is 5.88. The van der Waals surface area contributed by atoms with E-state index in [4.69, 9.17) is 15.5 Å². The van der Waals surface area contributed by atoms with Gasteiger partial charge in [0, 0.05) is 30.8 Å². The predicted molar refractivity (Wildman–Crippen MR) is 127 cm³/mol. The number of carbonyl (C=O) groups excluding carboxylic acids is 2. The molecule has 4 N–H and O–H groups in total. The number of aromatic nitrogens is 2. The van der Waals surface area contributed by atoms with Gasteiger partial charge in [0.2, 0.25) is 0 Å². The first kappa shape index (κ1) is 22.5. The number of hydrogen-bond donors (Lipinski definition) is 3. The SMILES string of the molecule is COC(=O)CNc1c(C2CC=CCC2)nc2cc(C(=O)NCc3cccc(CN)c3)ccn12. The van der Waals surface area contributed by atoms with E-state index in [1.54, 1.807) is 12.1 Å².